The number of aliphatic hydroxyl groups is 1. The van der Waals surface area contributed by atoms with Gasteiger partial charge in [0.25, 0.3) is 0 Å². The number of benzene rings is 1. The first-order chi connectivity index (χ1) is 14.7. The third kappa shape index (κ3) is 5.65. The van der Waals surface area contributed by atoms with Gasteiger partial charge in [0, 0.05) is 26.3 Å². The van der Waals surface area contributed by atoms with E-state index in [0.717, 1.165) is 51.7 Å². The van der Waals surface area contributed by atoms with Gasteiger partial charge in [-0.1, -0.05) is 25.5 Å². The van der Waals surface area contributed by atoms with E-state index in [1.165, 1.54) is 0 Å². The Morgan fingerprint density at radius 3 is 2.67 bits per heavy atom. The summed E-state index contributed by atoms with van der Waals surface area (Å²) in [6, 6.07) is 8.13. The zero-order valence-corrected chi connectivity index (χ0v) is 18.8. The van der Waals surface area contributed by atoms with E-state index in [2.05, 4.69) is 28.6 Å². The molecule has 7 nitrogen and oxygen atoms in total. The molecule has 3 N–H and O–H groups in total. The van der Waals surface area contributed by atoms with E-state index in [1.807, 2.05) is 32.0 Å². The molecule has 0 bridgehead atoms. The van der Waals surface area contributed by atoms with Gasteiger partial charge in [0.1, 0.15) is 10.8 Å². The first-order valence-electron chi connectivity index (χ1n) is 10.6. The largest absolute Gasteiger partial charge is 0.396 e. The van der Waals surface area contributed by atoms with Crippen molar-refractivity contribution in [2.45, 2.75) is 33.6 Å². The summed E-state index contributed by atoms with van der Waals surface area (Å²) in [5.41, 5.74) is 2.79. The lowest BCUT2D eigenvalue weighted by molar-refractivity contribution is 0.158. The van der Waals surface area contributed by atoms with Crippen LogP contribution in [0.5, 0.6) is 0 Å². The van der Waals surface area contributed by atoms with Gasteiger partial charge in [0.05, 0.1) is 28.1 Å². The molecule has 8 heteroatoms. The van der Waals surface area contributed by atoms with Gasteiger partial charge in [-0.3, -0.25) is 0 Å². The van der Waals surface area contributed by atoms with Gasteiger partial charge in [-0.2, -0.15) is 4.98 Å². The summed E-state index contributed by atoms with van der Waals surface area (Å²) >= 11 is 1.65. The second kappa shape index (κ2) is 11.2. The molecule has 30 heavy (non-hydrogen) atoms. The normalized spacial score (nSPS) is 12.3. The monoisotopic (exact) mass is 429 g/mol. The number of hydrogen-bond donors (Lipinski definition) is 3. The van der Waals surface area contributed by atoms with Crippen molar-refractivity contribution in [3.63, 3.8) is 0 Å². The summed E-state index contributed by atoms with van der Waals surface area (Å²) in [7, 11) is 0. The summed E-state index contributed by atoms with van der Waals surface area (Å²) in [6.07, 6.45) is 1.83. The zero-order valence-electron chi connectivity index (χ0n) is 17.9. The average molecular weight is 430 g/mol. The number of aromatic nitrogens is 3. The molecule has 1 atom stereocenters. The second-order valence-corrected chi connectivity index (χ2v) is 8.17. The molecule has 0 amide bonds. The number of aryl methyl sites for hydroxylation is 1. The molecule has 2 heterocycles. The van der Waals surface area contributed by atoms with Gasteiger partial charge < -0.3 is 20.5 Å². The van der Waals surface area contributed by atoms with Crippen LogP contribution >= 0.6 is 11.3 Å². The van der Waals surface area contributed by atoms with E-state index in [-0.39, 0.29) is 12.5 Å². The summed E-state index contributed by atoms with van der Waals surface area (Å²) in [6.45, 7) is 8.94. The molecular weight excluding hydrogens is 398 g/mol. The molecule has 0 aliphatic rings. The van der Waals surface area contributed by atoms with E-state index in [9.17, 15) is 5.11 Å². The maximum Gasteiger partial charge on any atom is 0.224 e. The van der Waals surface area contributed by atoms with E-state index < -0.39 is 0 Å². The van der Waals surface area contributed by atoms with Crippen molar-refractivity contribution in [1.82, 2.24) is 15.0 Å². The highest BCUT2D eigenvalue weighted by Crippen LogP contribution is 2.36. The zero-order chi connectivity index (χ0) is 21.3. The van der Waals surface area contributed by atoms with Crippen molar-refractivity contribution >= 4 is 33.3 Å². The van der Waals surface area contributed by atoms with Crippen LogP contribution in [-0.4, -0.2) is 53.0 Å². The lowest BCUT2D eigenvalue weighted by Crippen LogP contribution is -2.16. The molecule has 0 aliphatic heterocycles. The van der Waals surface area contributed by atoms with Crippen LogP contribution in [0.1, 0.15) is 32.4 Å². The van der Waals surface area contributed by atoms with Crippen molar-refractivity contribution in [1.29, 1.82) is 0 Å². The van der Waals surface area contributed by atoms with Crippen LogP contribution < -0.4 is 10.6 Å². The third-order valence-corrected chi connectivity index (χ3v) is 6.07. The van der Waals surface area contributed by atoms with Crippen LogP contribution in [0.25, 0.3) is 20.8 Å². The number of fused-ring (bicyclic) bond motifs is 1. The molecular formula is C22H31N5O2S. The van der Waals surface area contributed by atoms with Crippen LogP contribution in [-0.2, 0) is 4.74 Å². The van der Waals surface area contributed by atoms with Gasteiger partial charge >= 0.3 is 0 Å². The number of ether oxygens (including phenoxy) is 1. The minimum Gasteiger partial charge on any atom is -0.396 e. The smallest absolute Gasteiger partial charge is 0.224 e. The van der Waals surface area contributed by atoms with E-state index in [0.29, 0.717) is 25.7 Å². The molecule has 162 valence electrons. The topological polar surface area (TPSA) is 92.2 Å². The van der Waals surface area contributed by atoms with Crippen LogP contribution in [0.2, 0.25) is 0 Å². The molecule has 0 spiro atoms. The number of nitrogens with zero attached hydrogens (tertiary/aromatic N) is 3. The fourth-order valence-electron chi connectivity index (χ4n) is 3.21. The summed E-state index contributed by atoms with van der Waals surface area (Å²) < 4.78 is 6.53. The van der Waals surface area contributed by atoms with Gasteiger partial charge in [-0.15, -0.1) is 11.3 Å². The van der Waals surface area contributed by atoms with Gasteiger partial charge in [0.15, 0.2) is 0 Å². The summed E-state index contributed by atoms with van der Waals surface area (Å²) in [5.74, 6) is 1.64. The molecule has 0 aliphatic carbocycles. The second-order valence-electron chi connectivity index (χ2n) is 7.14. The molecule has 2 aromatic heterocycles. The SMILES string of the molecule is CCOCCNc1nc(C)c(-c2nc3ccccc3s2)c(NCCC(CC)CO)n1. The van der Waals surface area contributed by atoms with E-state index >= 15 is 0 Å². The van der Waals surface area contributed by atoms with Crippen LogP contribution in [0, 0.1) is 12.8 Å². The molecule has 0 fully saturated rings. The maximum absolute atomic E-state index is 9.48. The fraction of sp³-hybridized carbons (Fsp3) is 0.500. The maximum atomic E-state index is 9.48. The van der Waals surface area contributed by atoms with Crippen molar-refractivity contribution in [3.8, 4) is 10.6 Å². The first-order valence-corrected chi connectivity index (χ1v) is 11.4. The first kappa shape index (κ1) is 22.4. The highest BCUT2D eigenvalue weighted by molar-refractivity contribution is 7.21. The lowest BCUT2D eigenvalue weighted by atomic mass is 10.0. The standard InChI is InChI=1S/C22H31N5O2S/c1-4-16(14-28)10-11-23-20-19(21-26-17-8-6-7-9-18(17)30-21)15(3)25-22(27-20)24-12-13-29-5-2/h6-9,16,28H,4-5,10-14H2,1-3H3,(H2,23,24,25,27). The number of aliphatic hydroxyl groups excluding tert-OH is 1. The van der Waals surface area contributed by atoms with Gasteiger partial charge in [-0.25, -0.2) is 9.97 Å². The summed E-state index contributed by atoms with van der Waals surface area (Å²) in [5, 5.41) is 17.1. The van der Waals surface area contributed by atoms with Gasteiger partial charge in [-0.05, 0) is 38.3 Å². The van der Waals surface area contributed by atoms with Gasteiger partial charge in [0.2, 0.25) is 5.95 Å². The molecule has 1 unspecified atom stereocenters. The molecule has 0 saturated carbocycles. The molecule has 3 aromatic rings. The highest BCUT2D eigenvalue weighted by atomic mass is 32.1. The average Bonchev–Trinajstić information content (AvgIpc) is 3.17. The fourth-order valence-corrected chi connectivity index (χ4v) is 4.28. The molecule has 1 aromatic carbocycles. The predicted molar refractivity (Wildman–Crippen MR) is 124 cm³/mol. The Morgan fingerprint density at radius 1 is 1.10 bits per heavy atom. The van der Waals surface area contributed by atoms with E-state index in [4.69, 9.17) is 14.7 Å². The Balaban J connectivity index is 1.88. The Kier molecular flexibility index (Phi) is 8.36. The Bertz CT molecular complexity index is 909. The lowest BCUT2D eigenvalue weighted by Gasteiger charge is -2.16. The molecule has 0 saturated heterocycles. The third-order valence-electron chi connectivity index (χ3n) is 5.01. The van der Waals surface area contributed by atoms with Crippen LogP contribution in [0.4, 0.5) is 11.8 Å². The number of anilines is 2. The highest BCUT2D eigenvalue weighted by Gasteiger charge is 2.18. The Hall–Kier alpha value is -2.29. The molecule has 3 rings (SSSR count). The van der Waals surface area contributed by atoms with Crippen molar-refractivity contribution in [2.75, 3.05) is 43.5 Å². The van der Waals surface area contributed by atoms with E-state index in [1.54, 1.807) is 11.3 Å². The minimum absolute atomic E-state index is 0.204. The number of hydrogen-bond acceptors (Lipinski definition) is 8. The number of nitrogens with one attached hydrogen (secondary N) is 2. The number of rotatable bonds is 12. The van der Waals surface area contributed by atoms with Crippen molar-refractivity contribution < 1.29 is 9.84 Å². The Morgan fingerprint density at radius 2 is 1.93 bits per heavy atom. The van der Waals surface area contributed by atoms with Crippen LogP contribution in [0.3, 0.4) is 0 Å². The van der Waals surface area contributed by atoms with Crippen molar-refractivity contribution in [3.05, 3.63) is 30.0 Å². The predicted octanol–water partition coefficient (Wildman–Crippen LogP) is 4.33. The quantitative estimate of drug-likeness (QED) is 0.369. The van der Waals surface area contributed by atoms with Crippen LogP contribution in [0.15, 0.2) is 24.3 Å². The number of para-hydroxylation sites is 1. The minimum atomic E-state index is 0.204. The molecule has 0 radical (unpaired) electrons. The Labute approximate surface area is 181 Å². The van der Waals surface area contributed by atoms with Crippen molar-refractivity contribution in [2.24, 2.45) is 5.92 Å². The number of thiazole rings is 1. The summed E-state index contributed by atoms with van der Waals surface area (Å²) in [4.78, 5) is 14.2.